The van der Waals surface area contributed by atoms with E-state index < -0.39 is 0 Å². The molecule has 1 N–H and O–H groups in total. The van der Waals surface area contributed by atoms with Crippen LogP contribution in [0.3, 0.4) is 0 Å². The fourth-order valence-electron chi connectivity index (χ4n) is 2.01. The van der Waals surface area contributed by atoms with Gasteiger partial charge in [0.1, 0.15) is 5.82 Å². The number of methoxy groups -OCH3 is 1. The highest BCUT2D eigenvalue weighted by Crippen LogP contribution is 2.24. The van der Waals surface area contributed by atoms with Crippen molar-refractivity contribution in [2.45, 2.75) is 13.8 Å². The highest BCUT2D eigenvalue weighted by molar-refractivity contribution is 5.91. The third-order valence-electron chi connectivity index (χ3n) is 3.30. The largest absolute Gasteiger partial charge is 0.466 e. The average Bonchev–Trinajstić information content (AvgIpc) is 2.45. The van der Waals surface area contributed by atoms with E-state index in [1.54, 1.807) is 6.08 Å². The summed E-state index contributed by atoms with van der Waals surface area (Å²) in [5.74, 6) is 0.355. The minimum atomic E-state index is -0.382. The van der Waals surface area contributed by atoms with Crippen molar-refractivity contribution in [3.8, 4) is 0 Å². The van der Waals surface area contributed by atoms with E-state index in [2.05, 4.69) is 41.0 Å². The molecular weight excluding hydrogens is 252 g/mol. The zero-order valence-electron chi connectivity index (χ0n) is 12.2. The third kappa shape index (κ3) is 2.79. The SMILES string of the molecule is CNc1nc2cc(C)c(C)cc2cc1/C=C/C(=O)OC. The van der Waals surface area contributed by atoms with Gasteiger partial charge in [-0.1, -0.05) is 0 Å². The Kier molecular flexibility index (Phi) is 4.03. The Hall–Kier alpha value is -2.36. The predicted molar refractivity (Wildman–Crippen MR) is 81.8 cm³/mol. The van der Waals surface area contributed by atoms with E-state index in [1.807, 2.05) is 13.1 Å². The van der Waals surface area contributed by atoms with Crippen LogP contribution in [0.4, 0.5) is 5.82 Å². The molecule has 0 fully saturated rings. The number of carbonyl (C=O) groups is 1. The van der Waals surface area contributed by atoms with Crippen molar-refractivity contribution in [3.63, 3.8) is 0 Å². The Balaban J connectivity index is 2.56. The normalized spacial score (nSPS) is 11.0. The summed E-state index contributed by atoms with van der Waals surface area (Å²) in [5, 5.41) is 4.10. The van der Waals surface area contributed by atoms with Gasteiger partial charge < -0.3 is 10.1 Å². The summed E-state index contributed by atoms with van der Waals surface area (Å²) in [6.07, 6.45) is 3.10. The summed E-state index contributed by atoms with van der Waals surface area (Å²) >= 11 is 0. The molecule has 4 nitrogen and oxygen atoms in total. The van der Waals surface area contributed by atoms with Gasteiger partial charge >= 0.3 is 5.97 Å². The van der Waals surface area contributed by atoms with E-state index in [0.717, 1.165) is 22.3 Å². The molecule has 2 rings (SSSR count). The van der Waals surface area contributed by atoms with E-state index in [-0.39, 0.29) is 5.97 Å². The summed E-state index contributed by atoms with van der Waals surface area (Å²) in [7, 11) is 3.17. The van der Waals surface area contributed by atoms with Crippen LogP contribution in [0.2, 0.25) is 0 Å². The van der Waals surface area contributed by atoms with Crippen molar-refractivity contribution in [2.24, 2.45) is 0 Å². The number of rotatable bonds is 3. The molecule has 1 aromatic heterocycles. The second-order valence-electron chi connectivity index (χ2n) is 4.66. The van der Waals surface area contributed by atoms with E-state index in [4.69, 9.17) is 0 Å². The molecular formula is C16H18N2O2. The molecule has 1 aromatic carbocycles. The van der Waals surface area contributed by atoms with Crippen LogP contribution in [-0.2, 0) is 9.53 Å². The zero-order chi connectivity index (χ0) is 14.7. The summed E-state index contributed by atoms with van der Waals surface area (Å²) in [6, 6.07) is 6.19. The average molecular weight is 270 g/mol. The number of pyridine rings is 1. The Morgan fingerprint density at radius 1 is 1.25 bits per heavy atom. The first-order valence-corrected chi connectivity index (χ1v) is 6.41. The minimum absolute atomic E-state index is 0.382. The minimum Gasteiger partial charge on any atom is -0.466 e. The van der Waals surface area contributed by atoms with E-state index in [1.165, 1.54) is 24.3 Å². The Morgan fingerprint density at radius 2 is 1.95 bits per heavy atom. The van der Waals surface area contributed by atoms with Gasteiger partial charge in [0.15, 0.2) is 0 Å². The molecule has 0 radical (unpaired) electrons. The molecule has 1 heterocycles. The number of nitrogens with one attached hydrogen (secondary N) is 1. The summed E-state index contributed by atoms with van der Waals surface area (Å²) < 4.78 is 4.60. The van der Waals surface area contributed by atoms with Crippen molar-refractivity contribution >= 4 is 28.8 Å². The molecule has 0 amide bonds. The molecule has 104 valence electrons. The lowest BCUT2D eigenvalue weighted by Crippen LogP contribution is -1.98. The maximum atomic E-state index is 11.2. The van der Waals surface area contributed by atoms with Gasteiger partial charge in [-0.2, -0.15) is 0 Å². The van der Waals surface area contributed by atoms with Gasteiger partial charge in [0.25, 0.3) is 0 Å². The first kappa shape index (κ1) is 14.1. The number of esters is 1. The van der Waals surface area contributed by atoms with E-state index in [9.17, 15) is 4.79 Å². The summed E-state index contributed by atoms with van der Waals surface area (Å²) in [5.41, 5.74) is 4.23. The fourth-order valence-corrected chi connectivity index (χ4v) is 2.01. The molecule has 2 aromatic rings. The molecule has 0 aliphatic heterocycles. The molecule has 0 aliphatic carbocycles. The topological polar surface area (TPSA) is 51.2 Å². The lowest BCUT2D eigenvalue weighted by atomic mass is 10.0. The first-order valence-electron chi connectivity index (χ1n) is 6.41. The molecule has 0 unspecified atom stereocenters. The van der Waals surface area contributed by atoms with Gasteiger partial charge in [0.05, 0.1) is 12.6 Å². The van der Waals surface area contributed by atoms with E-state index >= 15 is 0 Å². The zero-order valence-corrected chi connectivity index (χ0v) is 12.2. The number of carbonyl (C=O) groups excluding carboxylic acids is 1. The smallest absolute Gasteiger partial charge is 0.330 e. The summed E-state index contributed by atoms with van der Waals surface area (Å²) in [4.78, 5) is 15.8. The standard InChI is InChI=1S/C16H18N2O2/c1-10-7-13-9-12(5-6-15(19)20-4)16(17-3)18-14(13)8-11(10)2/h5-9H,1-4H3,(H,17,18)/b6-5+. The van der Waals surface area contributed by atoms with Crippen molar-refractivity contribution in [3.05, 3.63) is 41.0 Å². The van der Waals surface area contributed by atoms with E-state index in [0.29, 0.717) is 0 Å². The van der Waals surface area contributed by atoms with Crippen LogP contribution in [0.5, 0.6) is 0 Å². The lowest BCUT2D eigenvalue weighted by Gasteiger charge is -2.09. The third-order valence-corrected chi connectivity index (χ3v) is 3.30. The molecule has 0 saturated heterocycles. The van der Waals surface area contributed by atoms with Crippen molar-refractivity contribution in [2.75, 3.05) is 19.5 Å². The van der Waals surface area contributed by atoms with Crippen LogP contribution in [0.1, 0.15) is 16.7 Å². The number of aromatic nitrogens is 1. The molecule has 4 heteroatoms. The fraction of sp³-hybridized carbons (Fsp3) is 0.250. The van der Waals surface area contributed by atoms with Crippen LogP contribution in [-0.4, -0.2) is 25.1 Å². The van der Waals surface area contributed by atoms with Gasteiger partial charge in [0, 0.05) is 24.1 Å². The Morgan fingerprint density at radius 3 is 2.60 bits per heavy atom. The predicted octanol–water partition coefficient (Wildman–Crippen LogP) is 3.08. The van der Waals surface area contributed by atoms with Crippen LogP contribution < -0.4 is 5.32 Å². The van der Waals surface area contributed by atoms with Crippen molar-refractivity contribution in [1.82, 2.24) is 4.98 Å². The molecule has 0 aliphatic rings. The van der Waals surface area contributed by atoms with Gasteiger partial charge in [-0.05, 0) is 49.2 Å². The highest BCUT2D eigenvalue weighted by atomic mass is 16.5. The lowest BCUT2D eigenvalue weighted by molar-refractivity contribution is -0.134. The monoisotopic (exact) mass is 270 g/mol. The number of hydrogen-bond donors (Lipinski definition) is 1. The number of benzene rings is 1. The number of ether oxygens (including phenoxy) is 1. The maximum Gasteiger partial charge on any atom is 0.330 e. The van der Waals surface area contributed by atoms with Crippen LogP contribution in [0, 0.1) is 13.8 Å². The molecule has 0 atom stereocenters. The van der Waals surface area contributed by atoms with Gasteiger partial charge in [0.2, 0.25) is 0 Å². The first-order chi connectivity index (χ1) is 9.55. The van der Waals surface area contributed by atoms with Crippen LogP contribution in [0.15, 0.2) is 24.3 Å². The number of hydrogen-bond acceptors (Lipinski definition) is 4. The number of anilines is 1. The quantitative estimate of drug-likeness (QED) is 0.688. The molecule has 0 spiro atoms. The highest BCUT2D eigenvalue weighted by Gasteiger charge is 2.06. The molecule has 0 bridgehead atoms. The van der Waals surface area contributed by atoms with Crippen molar-refractivity contribution < 1.29 is 9.53 Å². The molecule has 20 heavy (non-hydrogen) atoms. The van der Waals surface area contributed by atoms with Gasteiger partial charge in [-0.3, -0.25) is 0 Å². The second-order valence-corrected chi connectivity index (χ2v) is 4.66. The van der Waals surface area contributed by atoms with Crippen molar-refractivity contribution in [1.29, 1.82) is 0 Å². The molecule has 0 saturated carbocycles. The number of nitrogens with zero attached hydrogens (tertiary/aromatic N) is 1. The van der Waals surface area contributed by atoms with Crippen LogP contribution in [0.25, 0.3) is 17.0 Å². The summed E-state index contributed by atoms with van der Waals surface area (Å²) in [6.45, 7) is 4.14. The van der Waals surface area contributed by atoms with Crippen LogP contribution >= 0.6 is 0 Å². The Bertz CT molecular complexity index is 690. The van der Waals surface area contributed by atoms with Gasteiger partial charge in [-0.25, -0.2) is 9.78 Å². The Labute approximate surface area is 118 Å². The second kappa shape index (κ2) is 5.74. The van der Waals surface area contributed by atoms with Gasteiger partial charge in [-0.15, -0.1) is 0 Å². The maximum absolute atomic E-state index is 11.2. The number of aryl methyl sites for hydroxylation is 2. The number of fused-ring (bicyclic) bond motifs is 1.